The molecule has 12 heteroatoms. The highest BCUT2D eigenvalue weighted by molar-refractivity contribution is 5.97. The Labute approximate surface area is 190 Å². The van der Waals surface area contributed by atoms with Crippen molar-refractivity contribution in [1.29, 1.82) is 0 Å². The van der Waals surface area contributed by atoms with Crippen LogP contribution in [0.2, 0.25) is 0 Å². The van der Waals surface area contributed by atoms with E-state index in [1.807, 2.05) is 0 Å². The predicted octanol–water partition coefficient (Wildman–Crippen LogP) is 3.44. The Morgan fingerprint density at radius 2 is 1.32 bits per heavy atom. The van der Waals surface area contributed by atoms with E-state index in [-0.39, 0.29) is 31.7 Å². The van der Waals surface area contributed by atoms with Crippen molar-refractivity contribution in [3.63, 3.8) is 0 Å². The normalized spacial score (nSPS) is 14.6. The first kappa shape index (κ1) is 25.1. The second-order valence-electron chi connectivity index (χ2n) is 7.47. The molecule has 0 spiro atoms. The minimum absolute atomic E-state index is 0.00359. The van der Waals surface area contributed by atoms with Gasteiger partial charge in [0.2, 0.25) is 5.91 Å². The number of carbonyl (C=O) groups is 3. The monoisotopic (exact) mass is 487 g/mol. The quantitative estimate of drug-likeness (QED) is 0.672. The third kappa shape index (κ3) is 5.86. The van der Waals surface area contributed by atoms with Crippen LogP contribution in [0.4, 0.5) is 26.3 Å². The van der Waals surface area contributed by atoms with Crippen LogP contribution in [-0.2, 0) is 17.1 Å². The molecule has 0 aromatic heterocycles. The largest absolute Gasteiger partial charge is 0.417 e. The van der Waals surface area contributed by atoms with Gasteiger partial charge in [-0.15, -0.1) is 0 Å². The van der Waals surface area contributed by atoms with E-state index in [2.05, 4.69) is 5.32 Å². The summed E-state index contributed by atoms with van der Waals surface area (Å²) >= 11 is 0. The molecule has 1 heterocycles. The molecule has 2 aromatic rings. The Hall–Kier alpha value is -3.57. The Kier molecular flexibility index (Phi) is 7.18. The van der Waals surface area contributed by atoms with Gasteiger partial charge < -0.3 is 15.1 Å². The molecule has 3 rings (SSSR count). The van der Waals surface area contributed by atoms with Gasteiger partial charge in [-0.2, -0.15) is 26.3 Å². The fourth-order valence-corrected chi connectivity index (χ4v) is 3.43. The number of alkyl halides is 6. The van der Waals surface area contributed by atoms with Crippen molar-refractivity contribution in [1.82, 2.24) is 15.1 Å². The lowest BCUT2D eigenvalue weighted by atomic mass is 10.1. The second kappa shape index (κ2) is 9.74. The van der Waals surface area contributed by atoms with Gasteiger partial charge in [-0.1, -0.05) is 12.1 Å². The lowest BCUT2D eigenvalue weighted by Gasteiger charge is -2.35. The zero-order valence-electron chi connectivity index (χ0n) is 17.5. The summed E-state index contributed by atoms with van der Waals surface area (Å²) in [6.07, 6.45) is -9.22. The van der Waals surface area contributed by atoms with Gasteiger partial charge in [-0.05, 0) is 36.4 Å². The van der Waals surface area contributed by atoms with Gasteiger partial charge in [-0.25, -0.2) is 0 Å². The average Bonchev–Trinajstić information content (AvgIpc) is 2.81. The molecule has 0 aliphatic carbocycles. The summed E-state index contributed by atoms with van der Waals surface area (Å²) in [7, 11) is 0. The predicted molar refractivity (Wildman–Crippen MR) is 108 cm³/mol. The first-order valence-corrected chi connectivity index (χ1v) is 10.1. The van der Waals surface area contributed by atoms with E-state index in [1.54, 1.807) is 0 Å². The molecular weight excluding hydrogens is 468 g/mol. The average molecular weight is 487 g/mol. The molecule has 1 fully saturated rings. The van der Waals surface area contributed by atoms with Crippen molar-refractivity contribution in [3.8, 4) is 0 Å². The van der Waals surface area contributed by atoms with Crippen LogP contribution < -0.4 is 5.32 Å². The van der Waals surface area contributed by atoms with E-state index in [0.29, 0.717) is 0 Å². The van der Waals surface area contributed by atoms with E-state index in [4.69, 9.17) is 0 Å². The van der Waals surface area contributed by atoms with Gasteiger partial charge in [0, 0.05) is 31.7 Å². The summed E-state index contributed by atoms with van der Waals surface area (Å²) < 4.78 is 77.3. The maximum Gasteiger partial charge on any atom is 0.417 e. The summed E-state index contributed by atoms with van der Waals surface area (Å²) in [5, 5.41) is 2.32. The van der Waals surface area contributed by atoms with Crippen molar-refractivity contribution in [2.45, 2.75) is 12.4 Å². The first-order valence-electron chi connectivity index (χ1n) is 10.1. The highest BCUT2D eigenvalue weighted by atomic mass is 19.4. The van der Waals surface area contributed by atoms with Crippen molar-refractivity contribution < 1.29 is 40.7 Å². The van der Waals surface area contributed by atoms with Crippen LogP contribution in [-0.4, -0.2) is 60.2 Å². The molecule has 182 valence electrons. The number of piperazine rings is 1. The van der Waals surface area contributed by atoms with Crippen LogP contribution in [0, 0.1) is 0 Å². The number of nitrogens with one attached hydrogen (secondary N) is 1. The number of carbonyl (C=O) groups excluding carboxylic acids is 3. The van der Waals surface area contributed by atoms with Gasteiger partial charge in [0.1, 0.15) is 0 Å². The lowest BCUT2D eigenvalue weighted by molar-refractivity contribution is -0.138. The first-order chi connectivity index (χ1) is 15.9. The second-order valence-corrected chi connectivity index (χ2v) is 7.47. The zero-order valence-corrected chi connectivity index (χ0v) is 17.5. The molecule has 1 aliphatic heterocycles. The smallest absolute Gasteiger partial charge is 0.343 e. The topological polar surface area (TPSA) is 69.7 Å². The van der Waals surface area contributed by atoms with E-state index in [9.17, 15) is 40.7 Å². The fourth-order valence-electron chi connectivity index (χ4n) is 3.43. The van der Waals surface area contributed by atoms with E-state index >= 15 is 0 Å². The van der Waals surface area contributed by atoms with E-state index in [1.165, 1.54) is 21.9 Å². The van der Waals surface area contributed by atoms with Gasteiger partial charge in [-0.3, -0.25) is 14.4 Å². The minimum Gasteiger partial charge on any atom is -0.343 e. The van der Waals surface area contributed by atoms with E-state index in [0.717, 1.165) is 36.4 Å². The summed E-state index contributed by atoms with van der Waals surface area (Å²) in [5.74, 6) is -2.03. The number of hydrogen-bond acceptors (Lipinski definition) is 3. The Bertz CT molecular complexity index is 1060. The number of amides is 3. The molecule has 1 N–H and O–H groups in total. The molecule has 34 heavy (non-hydrogen) atoms. The molecule has 2 aromatic carbocycles. The molecular formula is C22H19F6N3O3. The van der Waals surface area contributed by atoms with Crippen LogP contribution in [0.5, 0.6) is 0 Å². The third-order valence-corrected chi connectivity index (χ3v) is 5.26. The van der Waals surface area contributed by atoms with E-state index < -0.39 is 53.3 Å². The van der Waals surface area contributed by atoms with Crippen LogP contribution in [0.1, 0.15) is 31.8 Å². The number of hydrogen-bond donors (Lipinski definition) is 1. The molecule has 0 unspecified atom stereocenters. The lowest BCUT2D eigenvalue weighted by Crippen LogP contribution is -2.52. The highest BCUT2D eigenvalue weighted by Gasteiger charge is 2.36. The molecule has 0 atom stereocenters. The SMILES string of the molecule is O=C(NCC(=O)N1CCN(C(=O)c2ccccc2C(F)(F)F)CC1)c1ccc(C(F)(F)F)cc1. The van der Waals surface area contributed by atoms with Crippen LogP contribution in [0.15, 0.2) is 48.5 Å². The summed E-state index contributed by atoms with van der Waals surface area (Å²) in [6, 6.07) is 7.94. The standard InChI is InChI=1S/C22H19F6N3O3/c23-21(24,25)15-7-5-14(6-8-15)19(33)29-13-18(32)30-9-11-31(12-10-30)20(34)16-3-1-2-4-17(16)22(26,27)28/h1-8H,9-13H2,(H,29,33). The molecule has 3 amide bonds. The van der Waals surface area contributed by atoms with Crippen molar-refractivity contribution in [3.05, 3.63) is 70.8 Å². The highest BCUT2D eigenvalue weighted by Crippen LogP contribution is 2.32. The molecule has 1 aliphatic rings. The number of halogens is 6. The van der Waals surface area contributed by atoms with Crippen LogP contribution in [0.3, 0.4) is 0 Å². The number of rotatable bonds is 4. The summed E-state index contributed by atoms with van der Waals surface area (Å²) in [6.45, 7) is -0.318. The zero-order chi connectivity index (χ0) is 25.1. The van der Waals surface area contributed by atoms with Gasteiger partial charge in [0.05, 0.1) is 23.2 Å². The Morgan fingerprint density at radius 3 is 1.88 bits per heavy atom. The summed E-state index contributed by atoms with van der Waals surface area (Å²) in [5.41, 5.74) is -2.48. The van der Waals surface area contributed by atoms with Gasteiger partial charge in [0.25, 0.3) is 11.8 Å². The van der Waals surface area contributed by atoms with Gasteiger partial charge in [0.15, 0.2) is 0 Å². The maximum atomic E-state index is 13.2. The molecule has 6 nitrogen and oxygen atoms in total. The van der Waals surface area contributed by atoms with Gasteiger partial charge >= 0.3 is 12.4 Å². The molecule has 1 saturated heterocycles. The molecule has 0 bridgehead atoms. The number of nitrogens with zero attached hydrogens (tertiary/aromatic N) is 2. The summed E-state index contributed by atoms with van der Waals surface area (Å²) in [4.78, 5) is 39.6. The Morgan fingerprint density at radius 1 is 0.765 bits per heavy atom. The maximum absolute atomic E-state index is 13.2. The fraction of sp³-hybridized carbons (Fsp3) is 0.318. The van der Waals surface area contributed by atoms with Crippen LogP contribution >= 0.6 is 0 Å². The van der Waals surface area contributed by atoms with Crippen molar-refractivity contribution >= 4 is 17.7 Å². The third-order valence-electron chi connectivity index (χ3n) is 5.26. The van der Waals surface area contributed by atoms with Crippen molar-refractivity contribution in [2.75, 3.05) is 32.7 Å². The molecule has 0 saturated carbocycles. The number of benzene rings is 2. The Balaban J connectivity index is 1.52. The van der Waals surface area contributed by atoms with Crippen LogP contribution in [0.25, 0.3) is 0 Å². The molecule has 0 radical (unpaired) electrons. The van der Waals surface area contributed by atoms with Crippen molar-refractivity contribution in [2.24, 2.45) is 0 Å². The minimum atomic E-state index is -4.69.